The largest absolute Gasteiger partial charge is 0.478 e. The Morgan fingerprint density at radius 1 is 1.59 bits per heavy atom. The number of carbonyl (C=O) groups is 1. The van der Waals surface area contributed by atoms with Gasteiger partial charge in [-0.3, -0.25) is 0 Å². The zero-order valence-electron chi connectivity index (χ0n) is 10.1. The summed E-state index contributed by atoms with van der Waals surface area (Å²) in [6.07, 6.45) is 0.0167. The fourth-order valence-electron chi connectivity index (χ4n) is 1.49. The summed E-state index contributed by atoms with van der Waals surface area (Å²) < 4.78 is 5.35. The number of benzene rings is 1. The normalized spacial score (nSPS) is 12.1. The van der Waals surface area contributed by atoms with Crippen LogP contribution in [0.15, 0.2) is 18.2 Å². The van der Waals surface area contributed by atoms with E-state index in [0.717, 1.165) is 0 Å². The van der Waals surface area contributed by atoms with Gasteiger partial charge in [-0.15, -0.1) is 0 Å². The molecule has 0 radical (unpaired) electrons. The van der Waals surface area contributed by atoms with Gasteiger partial charge in [-0.25, -0.2) is 4.79 Å². The minimum atomic E-state index is -0.975. The highest BCUT2D eigenvalue weighted by Gasteiger charge is 2.10. The maximum absolute atomic E-state index is 11.0. The van der Waals surface area contributed by atoms with Crippen LogP contribution in [-0.4, -0.2) is 30.3 Å². The van der Waals surface area contributed by atoms with Crippen LogP contribution in [0.1, 0.15) is 24.2 Å². The second kappa shape index (κ2) is 6.10. The monoisotopic (exact) mass is 238 g/mol. The Hall–Kier alpha value is -1.75. The molecule has 0 aliphatic rings. The van der Waals surface area contributed by atoms with Crippen LogP contribution in [0.2, 0.25) is 0 Å². The minimum Gasteiger partial charge on any atom is -0.478 e. The molecule has 1 unspecified atom stereocenters. The number of hydrogen-bond donors (Lipinski definition) is 3. The van der Waals surface area contributed by atoms with Crippen molar-refractivity contribution in [3.8, 4) is 0 Å². The highest BCUT2D eigenvalue weighted by molar-refractivity contribution is 5.95. The van der Waals surface area contributed by atoms with Crippen LogP contribution in [0.25, 0.3) is 0 Å². The average Bonchev–Trinajstić information content (AvgIpc) is 2.26. The van der Waals surface area contributed by atoms with Gasteiger partial charge in [0.05, 0.1) is 17.4 Å². The highest BCUT2D eigenvalue weighted by Crippen LogP contribution is 2.19. The maximum Gasteiger partial charge on any atom is 0.337 e. The molecular formula is C12H18N2O3. The quantitative estimate of drug-likeness (QED) is 0.658. The van der Waals surface area contributed by atoms with E-state index in [1.54, 1.807) is 12.1 Å². The molecule has 1 atom stereocenters. The van der Waals surface area contributed by atoms with Crippen molar-refractivity contribution in [3.63, 3.8) is 0 Å². The Morgan fingerprint density at radius 2 is 2.29 bits per heavy atom. The molecule has 0 amide bonds. The fraction of sp³-hybridized carbons (Fsp3) is 0.417. The number of carboxylic acids is 1. The SMILES string of the molecule is CCOC(C)CNc1cc(N)ccc1C(=O)O. The number of nitrogen functional groups attached to an aromatic ring is 1. The van der Waals surface area contributed by atoms with E-state index in [1.807, 2.05) is 13.8 Å². The lowest BCUT2D eigenvalue weighted by atomic mass is 10.1. The zero-order chi connectivity index (χ0) is 12.8. The van der Waals surface area contributed by atoms with E-state index in [-0.39, 0.29) is 11.7 Å². The molecule has 1 aromatic rings. The first-order valence-corrected chi connectivity index (χ1v) is 5.53. The van der Waals surface area contributed by atoms with E-state index >= 15 is 0 Å². The first-order valence-electron chi connectivity index (χ1n) is 5.53. The van der Waals surface area contributed by atoms with Crippen LogP contribution in [0.5, 0.6) is 0 Å². The Kier molecular flexibility index (Phi) is 4.78. The first-order chi connectivity index (χ1) is 8.04. The Bertz CT molecular complexity index is 393. The van der Waals surface area contributed by atoms with E-state index < -0.39 is 5.97 Å². The van der Waals surface area contributed by atoms with Crippen molar-refractivity contribution in [1.82, 2.24) is 0 Å². The third-order valence-corrected chi connectivity index (χ3v) is 2.31. The summed E-state index contributed by atoms with van der Waals surface area (Å²) >= 11 is 0. The summed E-state index contributed by atoms with van der Waals surface area (Å²) in [7, 11) is 0. The number of rotatable bonds is 6. The number of anilines is 2. The molecule has 0 spiro atoms. The van der Waals surface area contributed by atoms with E-state index in [9.17, 15) is 4.79 Å². The zero-order valence-corrected chi connectivity index (χ0v) is 10.1. The van der Waals surface area contributed by atoms with Crippen molar-refractivity contribution in [3.05, 3.63) is 23.8 Å². The summed E-state index contributed by atoms with van der Waals surface area (Å²) in [5.41, 5.74) is 6.89. The highest BCUT2D eigenvalue weighted by atomic mass is 16.5. The Labute approximate surface area is 101 Å². The van der Waals surface area contributed by atoms with Gasteiger partial charge in [0.15, 0.2) is 0 Å². The van der Waals surface area contributed by atoms with Crippen LogP contribution in [-0.2, 0) is 4.74 Å². The molecule has 0 aromatic heterocycles. The second-order valence-electron chi connectivity index (χ2n) is 3.76. The van der Waals surface area contributed by atoms with Crippen LogP contribution >= 0.6 is 0 Å². The molecular weight excluding hydrogens is 220 g/mol. The molecule has 0 aliphatic carbocycles. The smallest absolute Gasteiger partial charge is 0.337 e. The average molecular weight is 238 g/mol. The lowest BCUT2D eigenvalue weighted by Gasteiger charge is -2.15. The predicted molar refractivity (Wildman–Crippen MR) is 67.4 cm³/mol. The molecule has 1 aromatic carbocycles. The van der Waals surface area contributed by atoms with Crippen LogP contribution in [0, 0.1) is 0 Å². The molecule has 0 saturated carbocycles. The van der Waals surface area contributed by atoms with Gasteiger partial charge in [0.25, 0.3) is 0 Å². The second-order valence-corrected chi connectivity index (χ2v) is 3.76. The van der Waals surface area contributed by atoms with E-state index in [0.29, 0.717) is 24.5 Å². The molecule has 0 heterocycles. The number of hydrogen-bond acceptors (Lipinski definition) is 4. The Morgan fingerprint density at radius 3 is 2.88 bits per heavy atom. The van der Waals surface area contributed by atoms with E-state index in [1.165, 1.54) is 6.07 Å². The first kappa shape index (κ1) is 13.3. The maximum atomic E-state index is 11.0. The Balaban J connectivity index is 2.75. The molecule has 0 aliphatic heterocycles. The summed E-state index contributed by atoms with van der Waals surface area (Å²) in [4.78, 5) is 11.0. The van der Waals surface area contributed by atoms with Crippen molar-refractivity contribution in [2.45, 2.75) is 20.0 Å². The lowest BCUT2D eigenvalue weighted by molar-refractivity contribution is 0.0696. The molecule has 17 heavy (non-hydrogen) atoms. The van der Waals surface area contributed by atoms with Gasteiger partial charge < -0.3 is 20.9 Å². The molecule has 0 bridgehead atoms. The van der Waals surface area contributed by atoms with Gasteiger partial charge >= 0.3 is 5.97 Å². The van der Waals surface area contributed by atoms with Crippen molar-refractivity contribution in [2.24, 2.45) is 0 Å². The molecule has 1 rings (SSSR count). The topological polar surface area (TPSA) is 84.6 Å². The van der Waals surface area contributed by atoms with Crippen LogP contribution < -0.4 is 11.1 Å². The lowest BCUT2D eigenvalue weighted by Crippen LogP contribution is -2.21. The number of nitrogens with one attached hydrogen (secondary N) is 1. The molecule has 0 fully saturated rings. The summed E-state index contributed by atoms with van der Waals surface area (Å²) in [5, 5.41) is 12.0. The molecule has 0 saturated heterocycles. The molecule has 94 valence electrons. The van der Waals surface area contributed by atoms with Crippen molar-refractivity contribution in [2.75, 3.05) is 24.2 Å². The molecule has 5 nitrogen and oxygen atoms in total. The van der Waals surface area contributed by atoms with Gasteiger partial charge in [0.1, 0.15) is 0 Å². The summed E-state index contributed by atoms with van der Waals surface area (Å²) in [6.45, 7) is 5.01. The number of nitrogens with two attached hydrogens (primary N) is 1. The van der Waals surface area contributed by atoms with Gasteiger partial charge in [-0.1, -0.05) is 0 Å². The van der Waals surface area contributed by atoms with Crippen molar-refractivity contribution < 1.29 is 14.6 Å². The van der Waals surface area contributed by atoms with E-state index in [2.05, 4.69) is 5.32 Å². The fourth-order valence-corrected chi connectivity index (χ4v) is 1.49. The predicted octanol–water partition coefficient (Wildman–Crippen LogP) is 1.80. The van der Waals surface area contributed by atoms with Gasteiger partial charge in [-0.05, 0) is 32.0 Å². The van der Waals surface area contributed by atoms with Crippen LogP contribution in [0.3, 0.4) is 0 Å². The minimum absolute atomic E-state index is 0.0167. The van der Waals surface area contributed by atoms with Gasteiger partial charge in [-0.2, -0.15) is 0 Å². The number of carboxylic acid groups (broad SMARTS) is 1. The van der Waals surface area contributed by atoms with E-state index in [4.69, 9.17) is 15.6 Å². The molecule has 5 heteroatoms. The van der Waals surface area contributed by atoms with Crippen LogP contribution in [0.4, 0.5) is 11.4 Å². The third kappa shape index (κ3) is 3.96. The molecule has 4 N–H and O–H groups in total. The van der Waals surface area contributed by atoms with Crippen molar-refractivity contribution in [1.29, 1.82) is 0 Å². The summed E-state index contributed by atoms with van der Waals surface area (Å²) in [5.74, 6) is -0.975. The number of ether oxygens (including phenoxy) is 1. The number of aromatic carboxylic acids is 1. The van der Waals surface area contributed by atoms with Crippen molar-refractivity contribution >= 4 is 17.3 Å². The summed E-state index contributed by atoms with van der Waals surface area (Å²) in [6, 6.07) is 4.67. The standard InChI is InChI=1S/C12H18N2O3/c1-3-17-8(2)7-14-11-6-9(13)4-5-10(11)12(15)16/h4-6,8,14H,3,7,13H2,1-2H3,(H,15,16). The van der Waals surface area contributed by atoms with Gasteiger partial charge in [0.2, 0.25) is 0 Å². The third-order valence-electron chi connectivity index (χ3n) is 2.31. The van der Waals surface area contributed by atoms with Gasteiger partial charge in [0, 0.05) is 18.8 Å².